The Balaban J connectivity index is 3.07. The lowest BCUT2D eigenvalue weighted by Gasteiger charge is -2.13. The second-order valence-electron chi connectivity index (χ2n) is 3.08. The second-order valence-corrected chi connectivity index (χ2v) is 3.08. The number of nitrogens with two attached hydrogens (primary N) is 2. The van der Waals surface area contributed by atoms with Gasteiger partial charge in [0.25, 0.3) is 0 Å². The lowest BCUT2D eigenvalue weighted by Crippen LogP contribution is -2.11. The van der Waals surface area contributed by atoms with E-state index in [4.69, 9.17) is 11.5 Å². The van der Waals surface area contributed by atoms with Crippen LogP contribution >= 0.6 is 0 Å². The largest absolute Gasteiger partial charge is 0.399 e. The summed E-state index contributed by atoms with van der Waals surface area (Å²) in [5, 5.41) is 0. The summed E-state index contributed by atoms with van der Waals surface area (Å²) in [6.45, 7) is 4.09. The Hall–Kier alpha value is -1.02. The normalized spacial score (nSPS) is 12.9. The quantitative estimate of drug-likeness (QED) is 0.657. The third-order valence-electron chi connectivity index (χ3n) is 2.26. The van der Waals surface area contributed by atoms with E-state index in [2.05, 4.69) is 6.92 Å². The molecule has 0 bridgehead atoms. The zero-order chi connectivity index (χ0) is 9.14. The molecule has 0 spiro atoms. The van der Waals surface area contributed by atoms with Gasteiger partial charge in [-0.05, 0) is 30.5 Å². The Labute approximate surface area is 73.6 Å². The molecule has 0 aromatic heterocycles. The third-order valence-corrected chi connectivity index (χ3v) is 2.26. The van der Waals surface area contributed by atoms with E-state index in [1.165, 1.54) is 0 Å². The van der Waals surface area contributed by atoms with E-state index >= 15 is 0 Å². The van der Waals surface area contributed by atoms with Crippen molar-refractivity contribution >= 4 is 5.69 Å². The Kier molecular flexibility index (Phi) is 2.71. The van der Waals surface area contributed by atoms with E-state index in [9.17, 15) is 0 Å². The van der Waals surface area contributed by atoms with Crippen LogP contribution in [-0.4, -0.2) is 0 Å². The summed E-state index contributed by atoms with van der Waals surface area (Å²) in [5.74, 6) is 0. The van der Waals surface area contributed by atoms with E-state index in [1.54, 1.807) is 0 Å². The van der Waals surface area contributed by atoms with Gasteiger partial charge in [-0.3, -0.25) is 0 Å². The number of hydrogen-bond acceptors (Lipinski definition) is 2. The average molecular weight is 164 g/mol. The van der Waals surface area contributed by atoms with Crippen LogP contribution in [0.4, 0.5) is 5.69 Å². The van der Waals surface area contributed by atoms with E-state index in [0.717, 1.165) is 23.2 Å². The molecule has 66 valence electrons. The molecular formula is C10H16N2. The Morgan fingerprint density at radius 2 is 2.08 bits per heavy atom. The fourth-order valence-electron chi connectivity index (χ4n) is 1.29. The van der Waals surface area contributed by atoms with Crippen molar-refractivity contribution in [1.29, 1.82) is 0 Å². The van der Waals surface area contributed by atoms with Crippen LogP contribution in [0.2, 0.25) is 0 Å². The van der Waals surface area contributed by atoms with Gasteiger partial charge in [-0.15, -0.1) is 0 Å². The molecule has 0 heterocycles. The van der Waals surface area contributed by atoms with Crippen molar-refractivity contribution in [2.45, 2.75) is 26.3 Å². The van der Waals surface area contributed by atoms with Crippen molar-refractivity contribution in [3.63, 3.8) is 0 Å². The summed E-state index contributed by atoms with van der Waals surface area (Å²) in [7, 11) is 0. The standard InChI is InChI=1S/C10H16N2/c1-3-9(11)8-5-4-6-10(12)7(8)2/h4-6,9H,3,11-12H2,1-2H3. The molecule has 0 aliphatic heterocycles. The van der Waals surface area contributed by atoms with Crippen molar-refractivity contribution in [3.05, 3.63) is 29.3 Å². The summed E-state index contributed by atoms with van der Waals surface area (Å²) in [5.41, 5.74) is 14.8. The minimum atomic E-state index is 0.119. The van der Waals surface area contributed by atoms with Crippen LogP contribution in [0.1, 0.15) is 30.5 Å². The van der Waals surface area contributed by atoms with Gasteiger partial charge in [0.1, 0.15) is 0 Å². The van der Waals surface area contributed by atoms with Crippen LogP contribution in [0.15, 0.2) is 18.2 Å². The molecular weight excluding hydrogens is 148 g/mol. The topological polar surface area (TPSA) is 52.0 Å². The highest BCUT2D eigenvalue weighted by atomic mass is 14.6. The maximum Gasteiger partial charge on any atom is 0.0347 e. The highest BCUT2D eigenvalue weighted by Crippen LogP contribution is 2.22. The number of nitrogen functional groups attached to an aromatic ring is 1. The SMILES string of the molecule is CCC(N)c1cccc(N)c1C. The molecule has 0 saturated carbocycles. The average Bonchev–Trinajstić information content (AvgIpc) is 2.08. The molecule has 1 atom stereocenters. The van der Waals surface area contributed by atoms with Gasteiger partial charge in [-0.25, -0.2) is 0 Å². The second kappa shape index (κ2) is 3.59. The van der Waals surface area contributed by atoms with Crippen molar-refractivity contribution in [1.82, 2.24) is 0 Å². The lowest BCUT2D eigenvalue weighted by atomic mass is 9.99. The molecule has 1 unspecified atom stereocenters. The molecule has 1 rings (SSSR count). The smallest absolute Gasteiger partial charge is 0.0347 e. The van der Waals surface area contributed by atoms with Gasteiger partial charge in [-0.1, -0.05) is 19.1 Å². The number of anilines is 1. The molecule has 0 aliphatic rings. The lowest BCUT2D eigenvalue weighted by molar-refractivity contribution is 0.694. The summed E-state index contributed by atoms with van der Waals surface area (Å²) in [6.07, 6.45) is 0.949. The van der Waals surface area contributed by atoms with Gasteiger partial charge in [0.15, 0.2) is 0 Å². The van der Waals surface area contributed by atoms with Crippen LogP contribution in [0.5, 0.6) is 0 Å². The van der Waals surface area contributed by atoms with Crippen LogP contribution in [0.25, 0.3) is 0 Å². The molecule has 0 radical (unpaired) electrons. The first-order valence-electron chi connectivity index (χ1n) is 4.27. The van der Waals surface area contributed by atoms with E-state index in [-0.39, 0.29) is 6.04 Å². The number of benzene rings is 1. The highest BCUT2D eigenvalue weighted by molar-refractivity contribution is 5.50. The Morgan fingerprint density at radius 3 is 2.67 bits per heavy atom. The summed E-state index contributed by atoms with van der Waals surface area (Å²) >= 11 is 0. The van der Waals surface area contributed by atoms with Gasteiger partial charge in [-0.2, -0.15) is 0 Å². The highest BCUT2D eigenvalue weighted by Gasteiger charge is 2.07. The van der Waals surface area contributed by atoms with Crippen molar-refractivity contribution in [2.75, 3.05) is 5.73 Å². The first-order chi connectivity index (χ1) is 5.66. The summed E-state index contributed by atoms with van der Waals surface area (Å²) < 4.78 is 0. The molecule has 4 N–H and O–H groups in total. The van der Waals surface area contributed by atoms with Crippen LogP contribution in [0, 0.1) is 6.92 Å². The van der Waals surface area contributed by atoms with Crippen molar-refractivity contribution in [3.8, 4) is 0 Å². The van der Waals surface area contributed by atoms with Crippen LogP contribution < -0.4 is 11.5 Å². The first kappa shape index (κ1) is 9.07. The van der Waals surface area contributed by atoms with Gasteiger partial charge >= 0.3 is 0 Å². The molecule has 12 heavy (non-hydrogen) atoms. The Morgan fingerprint density at radius 1 is 1.42 bits per heavy atom. The predicted octanol–water partition coefficient (Wildman–Crippen LogP) is 1.99. The minimum absolute atomic E-state index is 0.119. The van der Waals surface area contributed by atoms with Gasteiger partial charge in [0.05, 0.1) is 0 Å². The van der Waals surface area contributed by atoms with E-state index < -0.39 is 0 Å². The zero-order valence-electron chi connectivity index (χ0n) is 7.67. The molecule has 0 aliphatic carbocycles. The molecule has 1 aromatic carbocycles. The summed E-state index contributed by atoms with van der Waals surface area (Å²) in [4.78, 5) is 0. The van der Waals surface area contributed by atoms with E-state index in [0.29, 0.717) is 0 Å². The van der Waals surface area contributed by atoms with Crippen LogP contribution in [0.3, 0.4) is 0 Å². The van der Waals surface area contributed by atoms with Gasteiger partial charge in [0.2, 0.25) is 0 Å². The monoisotopic (exact) mass is 164 g/mol. The third kappa shape index (κ3) is 1.59. The Bertz CT molecular complexity index is 269. The summed E-state index contributed by atoms with van der Waals surface area (Å²) in [6, 6.07) is 6.02. The van der Waals surface area contributed by atoms with Crippen molar-refractivity contribution < 1.29 is 0 Å². The molecule has 0 amide bonds. The minimum Gasteiger partial charge on any atom is -0.399 e. The fourth-order valence-corrected chi connectivity index (χ4v) is 1.29. The van der Waals surface area contributed by atoms with Gasteiger partial charge in [0, 0.05) is 11.7 Å². The molecule has 0 saturated heterocycles. The number of hydrogen-bond donors (Lipinski definition) is 2. The van der Waals surface area contributed by atoms with Crippen LogP contribution in [-0.2, 0) is 0 Å². The molecule has 2 heteroatoms. The molecule has 2 nitrogen and oxygen atoms in total. The van der Waals surface area contributed by atoms with Gasteiger partial charge < -0.3 is 11.5 Å². The zero-order valence-corrected chi connectivity index (χ0v) is 7.67. The maximum atomic E-state index is 5.91. The van der Waals surface area contributed by atoms with E-state index in [1.807, 2.05) is 25.1 Å². The first-order valence-corrected chi connectivity index (χ1v) is 4.27. The predicted molar refractivity (Wildman–Crippen MR) is 52.8 cm³/mol. The van der Waals surface area contributed by atoms with Crippen molar-refractivity contribution in [2.24, 2.45) is 5.73 Å². The molecule has 0 fully saturated rings. The number of rotatable bonds is 2. The maximum absolute atomic E-state index is 5.91. The molecule has 1 aromatic rings. The fraction of sp³-hybridized carbons (Fsp3) is 0.400.